The van der Waals surface area contributed by atoms with Gasteiger partial charge in [-0.3, -0.25) is 0 Å². The lowest BCUT2D eigenvalue weighted by Gasteiger charge is -2.36. The zero-order valence-corrected chi connectivity index (χ0v) is 7.33. The van der Waals surface area contributed by atoms with Crippen LogP contribution in [0.25, 0.3) is 0 Å². The number of benzene rings is 1. The normalized spacial score (nSPS) is 28.2. The third-order valence-corrected chi connectivity index (χ3v) is 2.24. The maximum absolute atomic E-state index is 5.04. The average Bonchev–Trinajstić information content (AvgIpc) is 2.02. The van der Waals surface area contributed by atoms with Gasteiger partial charge in [0.2, 0.25) is 0 Å². The lowest BCUT2D eigenvalue weighted by atomic mass is 9.95. The molecule has 0 spiro atoms. The molecule has 0 aromatic heterocycles. The van der Waals surface area contributed by atoms with E-state index >= 15 is 0 Å². The van der Waals surface area contributed by atoms with Crippen LogP contribution in [0.1, 0.15) is 18.1 Å². The molecule has 2 heteroatoms. The fourth-order valence-electron chi connectivity index (χ4n) is 1.27. The van der Waals surface area contributed by atoms with Crippen LogP contribution in [0, 0.1) is 6.92 Å². The average molecular weight is 164 g/mol. The first-order chi connectivity index (χ1) is 5.71. The van der Waals surface area contributed by atoms with Crippen LogP contribution in [0.5, 0.6) is 0 Å². The summed E-state index contributed by atoms with van der Waals surface area (Å²) in [4.78, 5) is 9.77. The Bertz CT molecular complexity index is 272. The third kappa shape index (κ3) is 1.13. The Hall–Kier alpha value is -0.860. The van der Waals surface area contributed by atoms with Gasteiger partial charge in [0, 0.05) is 0 Å². The molecule has 0 saturated carbocycles. The lowest BCUT2D eigenvalue weighted by Crippen LogP contribution is -2.41. The van der Waals surface area contributed by atoms with Gasteiger partial charge < -0.3 is 0 Å². The molecule has 1 aliphatic heterocycles. The number of aryl methyl sites for hydroxylation is 1. The summed E-state index contributed by atoms with van der Waals surface area (Å²) in [6, 6.07) is 8.33. The van der Waals surface area contributed by atoms with E-state index in [0.717, 1.165) is 0 Å². The molecule has 2 nitrogen and oxygen atoms in total. The van der Waals surface area contributed by atoms with Crippen LogP contribution in [0.15, 0.2) is 24.3 Å². The topological polar surface area (TPSA) is 18.5 Å². The van der Waals surface area contributed by atoms with Gasteiger partial charge >= 0.3 is 0 Å². The number of hydrogen-bond acceptors (Lipinski definition) is 2. The Labute approximate surface area is 72.0 Å². The van der Waals surface area contributed by atoms with Gasteiger partial charge in [0.15, 0.2) is 5.60 Å². The third-order valence-electron chi connectivity index (χ3n) is 2.24. The van der Waals surface area contributed by atoms with Crippen LogP contribution >= 0.6 is 0 Å². The predicted octanol–water partition coefficient (Wildman–Crippen LogP) is 2.17. The van der Waals surface area contributed by atoms with Gasteiger partial charge in [-0.2, -0.15) is 0 Å². The van der Waals surface area contributed by atoms with Crippen LogP contribution in [0.2, 0.25) is 0 Å². The highest BCUT2D eigenvalue weighted by atomic mass is 17.2. The smallest absolute Gasteiger partial charge is 0.152 e. The predicted molar refractivity (Wildman–Crippen MR) is 45.6 cm³/mol. The number of rotatable bonds is 1. The molecule has 1 aromatic rings. The molecule has 0 amide bonds. The van der Waals surface area contributed by atoms with E-state index in [1.165, 1.54) is 11.1 Å². The van der Waals surface area contributed by atoms with Crippen molar-refractivity contribution in [2.45, 2.75) is 19.4 Å². The first kappa shape index (κ1) is 7.77. The van der Waals surface area contributed by atoms with Crippen molar-refractivity contribution in [3.8, 4) is 0 Å². The standard InChI is InChI=1S/C10H12O2/c1-8-3-5-9(6-4-8)10(2)7-11-12-10/h3-6H,7H2,1-2H3/t10-/m0/s1. The molecule has 1 aromatic carbocycles. The van der Waals surface area contributed by atoms with Gasteiger partial charge in [-0.15, -0.1) is 0 Å². The number of hydrogen-bond donors (Lipinski definition) is 0. The minimum atomic E-state index is -0.215. The second kappa shape index (κ2) is 2.57. The van der Waals surface area contributed by atoms with Crippen LogP contribution in [-0.2, 0) is 15.4 Å². The minimum Gasteiger partial charge on any atom is -0.232 e. The molecular weight excluding hydrogens is 152 g/mol. The fourth-order valence-corrected chi connectivity index (χ4v) is 1.27. The molecule has 1 fully saturated rings. The van der Waals surface area contributed by atoms with Gasteiger partial charge in [0.1, 0.15) is 6.61 Å². The maximum Gasteiger partial charge on any atom is 0.152 e. The monoisotopic (exact) mass is 164 g/mol. The molecule has 1 aliphatic rings. The second-order valence-electron chi connectivity index (χ2n) is 3.44. The van der Waals surface area contributed by atoms with Crippen molar-refractivity contribution >= 4 is 0 Å². The van der Waals surface area contributed by atoms with Crippen LogP contribution in [0.3, 0.4) is 0 Å². The van der Waals surface area contributed by atoms with Gasteiger partial charge in [-0.25, -0.2) is 9.78 Å². The molecule has 0 bridgehead atoms. The summed E-state index contributed by atoms with van der Waals surface area (Å²) in [5.74, 6) is 0. The van der Waals surface area contributed by atoms with Crippen molar-refractivity contribution in [1.82, 2.24) is 0 Å². The Morgan fingerprint density at radius 3 is 2.25 bits per heavy atom. The van der Waals surface area contributed by atoms with E-state index in [1.54, 1.807) is 0 Å². The SMILES string of the molecule is Cc1ccc([C@]2(C)COO2)cc1. The van der Waals surface area contributed by atoms with E-state index in [2.05, 4.69) is 31.2 Å². The van der Waals surface area contributed by atoms with Gasteiger partial charge in [0.25, 0.3) is 0 Å². The van der Waals surface area contributed by atoms with Crippen LogP contribution in [0.4, 0.5) is 0 Å². The molecule has 0 N–H and O–H groups in total. The Balaban J connectivity index is 2.28. The molecule has 1 heterocycles. The van der Waals surface area contributed by atoms with E-state index < -0.39 is 0 Å². The molecule has 1 atom stereocenters. The first-order valence-corrected chi connectivity index (χ1v) is 4.08. The van der Waals surface area contributed by atoms with E-state index in [0.29, 0.717) is 6.61 Å². The Morgan fingerprint density at radius 1 is 1.25 bits per heavy atom. The lowest BCUT2D eigenvalue weighted by molar-refractivity contribution is -0.473. The molecule has 0 unspecified atom stereocenters. The van der Waals surface area contributed by atoms with Gasteiger partial charge in [-0.1, -0.05) is 29.8 Å². The van der Waals surface area contributed by atoms with E-state index in [9.17, 15) is 0 Å². The molecule has 64 valence electrons. The van der Waals surface area contributed by atoms with Crippen molar-refractivity contribution < 1.29 is 9.78 Å². The highest BCUT2D eigenvalue weighted by molar-refractivity contribution is 5.26. The summed E-state index contributed by atoms with van der Waals surface area (Å²) in [7, 11) is 0. The summed E-state index contributed by atoms with van der Waals surface area (Å²) in [5.41, 5.74) is 2.23. The zero-order chi connectivity index (χ0) is 8.60. The molecule has 0 aliphatic carbocycles. The van der Waals surface area contributed by atoms with Gasteiger partial charge in [0.05, 0.1) is 0 Å². The molecule has 2 rings (SSSR count). The van der Waals surface area contributed by atoms with Gasteiger partial charge in [-0.05, 0) is 19.4 Å². The zero-order valence-electron chi connectivity index (χ0n) is 7.33. The van der Waals surface area contributed by atoms with Crippen LogP contribution in [-0.4, -0.2) is 6.61 Å². The minimum absolute atomic E-state index is 0.215. The quantitative estimate of drug-likeness (QED) is 0.592. The second-order valence-corrected chi connectivity index (χ2v) is 3.44. The van der Waals surface area contributed by atoms with E-state index in [1.807, 2.05) is 6.92 Å². The van der Waals surface area contributed by atoms with Crippen molar-refractivity contribution in [3.63, 3.8) is 0 Å². The van der Waals surface area contributed by atoms with Crippen molar-refractivity contribution in [2.75, 3.05) is 6.61 Å². The Kier molecular flexibility index (Phi) is 1.67. The summed E-state index contributed by atoms with van der Waals surface area (Å²) in [6.07, 6.45) is 0. The summed E-state index contributed by atoms with van der Waals surface area (Å²) in [6.45, 7) is 4.75. The first-order valence-electron chi connectivity index (χ1n) is 4.08. The highest BCUT2D eigenvalue weighted by Gasteiger charge is 2.37. The molecule has 1 saturated heterocycles. The van der Waals surface area contributed by atoms with E-state index in [4.69, 9.17) is 9.78 Å². The summed E-state index contributed by atoms with van der Waals surface area (Å²) < 4.78 is 0. The van der Waals surface area contributed by atoms with Crippen LogP contribution < -0.4 is 0 Å². The summed E-state index contributed by atoms with van der Waals surface area (Å²) >= 11 is 0. The summed E-state index contributed by atoms with van der Waals surface area (Å²) in [5, 5.41) is 0. The van der Waals surface area contributed by atoms with E-state index in [-0.39, 0.29) is 5.60 Å². The van der Waals surface area contributed by atoms with Crippen molar-refractivity contribution in [3.05, 3.63) is 35.4 Å². The van der Waals surface area contributed by atoms with Crippen molar-refractivity contribution in [2.24, 2.45) is 0 Å². The maximum atomic E-state index is 5.04. The Morgan fingerprint density at radius 2 is 1.83 bits per heavy atom. The molecular formula is C10H12O2. The molecule has 0 radical (unpaired) electrons. The fraction of sp³-hybridized carbons (Fsp3) is 0.400. The van der Waals surface area contributed by atoms with Crippen molar-refractivity contribution in [1.29, 1.82) is 0 Å². The largest absolute Gasteiger partial charge is 0.232 e. The molecule has 12 heavy (non-hydrogen) atoms. The highest BCUT2D eigenvalue weighted by Crippen LogP contribution is 2.33.